The van der Waals surface area contributed by atoms with E-state index in [2.05, 4.69) is 4.98 Å². The zero-order valence-corrected chi connectivity index (χ0v) is 13.9. The Balaban J connectivity index is 1.55. The van der Waals surface area contributed by atoms with Crippen molar-refractivity contribution in [2.45, 2.75) is 16.7 Å². The second-order valence-corrected chi connectivity index (χ2v) is 8.77. The molecule has 9 heteroatoms. The molecule has 124 valence electrons. The third kappa shape index (κ3) is 1.68. The van der Waals surface area contributed by atoms with Gasteiger partial charge in [0, 0.05) is 5.25 Å². The molecule has 1 aromatic rings. The Bertz CT molecular complexity index is 900. The monoisotopic (exact) mass is 364 g/mol. The molecule has 2 aliphatic heterocycles. The lowest BCUT2D eigenvalue weighted by Gasteiger charge is -2.32. The fraction of sp³-hybridized carbons (Fsp3) is 0.467. The average Bonchev–Trinajstić information content (AvgIpc) is 3.21. The molecule has 0 spiro atoms. The van der Waals surface area contributed by atoms with Gasteiger partial charge in [0.05, 0.1) is 21.7 Å². The Morgan fingerprint density at radius 2 is 2.04 bits per heavy atom. The van der Waals surface area contributed by atoms with Gasteiger partial charge >= 0.3 is 10.8 Å². The van der Waals surface area contributed by atoms with Crippen LogP contribution < -0.4 is 4.87 Å². The first-order valence-corrected chi connectivity index (χ1v) is 9.33. The number of nitrogens with one attached hydrogen (secondary N) is 1. The Morgan fingerprint density at radius 3 is 2.79 bits per heavy atom. The number of carbonyl (C=O) groups is 3. The molecule has 3 heterocycles. The summed E-state index contributed by atoms with van der Waals surface area (Å²) in [4.78, 5) is 52.2. The van der Waals surface area contributed by atoms with Crippen molar-refractivity contribution in [1.29, 1.82) is 0 Å². The number of imide groups is 1. The molecular formula is C15H12N2O5S2. The van der Waals surface area contributed by atoms with E-state index >= 15 is 0 Å². The van der Waals surface area contributed by atoms with Gasteiger partial charge in [0.15, 0.2) is 0 Å². The van der Waals surface area contributed by atoms with Gasteiger partial charge in [0.2, 0.25) is 11.8 Å². The molecule has 24 heavy (non-hydrogen) atoms. The molecule has 1 saturated heterocycles. The number of aliphatic carboxylic acids is 1. The molecule has 0 radical (unpaired) electrons. The molecule has 0 unspecified atom stereocenters. The summed E-state index contributed by atoms with van der Waals surface area (Å²) in [5.41, 5.74) is 1.13. The van der Waals surface area contributed by atoms with Crippen LogP contribution in [0.5, 0.6) is 0 Å². The molecule has 2 aliphatic carbocycles. The summed E-state index contributed by atoms with van der Waals surface area (Å²) in [6.07, 6.45) is 2.79. The Labute approximate surface area is 143 Å². The number of carboxylic acid groups (broad SMARTS) is 1. The lowest BCUT2D eigenvalue weighted by molar-refractivity contribution is -0.149. The number of nitrogens with zero attached hydrogens (tertiary/aromatic N) is 1. The maximum atomic E-state index is 12.6. The van der Waals surface area contributed by atoms with Gasteiger partial charge in [-0.3, -0.25) is 24.1 Å². The van der Waals surface area contributed by atoms with Crippen LogP contribution in [0.25, 0.3) is 6.08 Å². The average molecular weight is 364 g/mol. The van der Waals surface area contributed by atoms with E-state index < -0.39 is 24.3 Å². The molecule has 2 bridgehead atoms. The highest BCUT2D eigenvalue weighted by atomic mass is 32.2. The van der Waals surface area contributed by atoms with Gasteiger partial charge in [0.1, 0.15) is 6.54 Å². The van der Waals surface area contributed by atoms with Crippen molar-refractivity contribution in [3.8, 4) is 0 Å². The van der Waals surface area contributed by atoms with E-state index in [0.29, 0.717) is 0 Å². The van der Waals surface area contributed by atoms with Crippen LogP contribution in [0, 0.1) is 23.7 Å². The number of aromatic amines is 1. The fourth-order valence-electron chi connectivity index (χ4n) is 4.77. The highest BCUT2D eigenvalue weighted by molar-refractivity contribution is 8.00. The summed E-state index contributed by atoms with van der Waals surface area (Å²) in [5, 5.41) is 9.88. The summed E-state index contributed by atoms with van der Waals surface area (Å²) < 4.78 is 0. The van der Waals surface area contributed by atoms with Crippen LogP contribution in [-0.4, -0.2) is 44.6 Å². The molecule has 1 aromatic heterocycles. The number of rotatable bonds is 2. The second kappa shape index (κ2) is 4.60. The highest BCUT2D eigenvalue weighted by Crippen LogP contribution is 2.64. The summed E-state index contributed by atoms with van der Waals surface area (Å²) in [6, 6.07) is 0. The van der Waals surface area contributed by atoms with E-state index in [1.165, 1.54) is 0 Å². The van der Waals surface area contributed by atoms with E-state index in [1.54, 1.807) is 11.8 Å². The standard InChI is InChI=1S/C15H12N2O5S2/c18-8(19)3-17-13(20)9-4-1-6(10(9)14(17)21)11-5(4)2-7-12(24-11)16-15(22)23-7/h2,4,6,9-11H,1,3H2,(H,16,22)(H,18,19)/t4-,6-,9-,10-,11-/m1/s1. The van der Waals surface area contributed by atoms with Crippen LogP contribution in [0.2, 0.25) is 0 Å². The topological polar surface area (TPSA) is 108 Å². The van der Waals surface area contributed by atoms with Gasteiger partial charge in [-0.1, -0.05) is 28.7 Å². The Morgan fingerprint density at radius 1 is 1.29 bits per heavy atom. The van der Waals surface area contributed by atoms with Gasteiger partial charge in [0.25, 0.3) is 0 Å². The van der Waals surface area contributed by atoms with Gasteiger partial charge in [-0.15, -0.1) is 0 Å². The van der Waals surface area contributed by atoms with Crippen molar-refractivity contribution in [1.82, 2.24) is 9.88 Å². The third-order valence-corrected chi connectivity index (χ3v) is 7.93. The number of likely N-dealkylation sites (tertiary alicyclic amines) is 1. The molecule has 2 saturated carbocycles. The van der Waals surface area contributed by atoms with Crippen LogP contribution >= 0.6 is 23.1 Å². The van der Waals surface area contributed by atoms with Crippen LogP contribution in [0.3, 0.4) is 0 Å². The zero-order valence-electron chi connectivity index (χ0n) is 12.2. The third-order valence-electron chi connectivity index (χ3n) is 5.53. The number of hydrogen-bond donors (Lipinski definition) is 2. The lowest BCUT2D eigenvalue weighted by Crippen LogP contribution is -2.37. The van der Waals surface area contributed by atoms with Gasteiger partial charge in [-0.25, -0.2) is 0 Å². The number of H-pyrrole nitrogens is 1. The van der Waals surface area contributed by atoms with Crippen LogP contribution in [0.15, 0.2) is 15.4 Å². The molecule has 3 fully saturated rings. The second-order valence-electron chi connectivity index (χ2n) is 6.60. The molecule has 5 rings (SSSR count). The van der Waals surface area contributed by atoms with Gasteiger partial charge in [-0.2, -0.15) is 0 Å². The summed E-state index contributed by atoms with van der Waals surface area (Å²) in [6.45, 7) is -0.554. The first kappa shape index (κ1) is 14.5. The SMILES string of the molecule is O=C(O)CN1C(=O)[C@@H]2[C@H]3C[C@H](C4=Cc5sc(=O)[nH]c5S[C@H]43)[C@H]2C1=O. The summed E-state index contributed by atoms with van der Waals surface area (Å²) in [5.74, 6) is -2.69. The smallest absolute Gasteiger partial charge is 0.323 e. The minimum Gasteiger partial charge on any atom is -0.480 e. The molecule has 2 N–H and O–H groups in total. The highest BCUT2D eigenvalue weighted by Gasteiger charge is 2.66. The number of carboxylic acids is 1. The van der Waals surface area contributed by atoms with E-state index in [9.17, 15) is 19.2 Å². The quantitative estimate of drug-likeness (QED) is 0.746. The molecule has 5 atom stereocenters. The van der Waals surface area contributed by atoms with Crippen LogP contribution in [0.1, 0.15) is 11.3 Å². The van der Waals surface area contributed by atoms with Crippen molar-refractivity contribution >= 4 is 47.0 Å². The van der Waals surface area contributed by atoms with Crippen molar-refractivity contribution in [3.05, 3.63) is 20.1 Å². The minimum atomic E-state index is -1.17. The van der Waals surface area contributed by atoms with E-state index in [1.807, 2.05) is 6.08 Å². The van der Waals surface area contributed by atoms with Gasteiger partial charge < -0.3 is 10.1 Å². The normalized spacial score (nSPS) is 35.8. The van der Waals surface area contributed by atoms with Crippen molar-refractivity contribution in [3.63, 3.8) is 0 Å². The van der Waals surface area contributed by atoms with Gasteiger partial charge in [-0.05, 0) is 24.3 Å². The summed E-state index contributed by atoms with van der Waals surface area (Å²) in [7, 11) is 0. The molecular weight excluding hydrogens is 352 g/mol. The van der Waals surface area contributed by atoms with Crippen molar-refractivity contribution < 1.29 is 19.5 Å². The first-order chi connectivity index (χ1) is 11.5. The molecule has 7 nitrogen and oxygen atoms in total. The maximum absolute atomic E-state index is 12.6. The Hall–Kier alpha value is -1.87. The molecule has 2 amide bonds. The minimum absolute atomic E-state index is 0.0157. The molecule has 0 aromatic carbocycles. The predicted octanol–water partition coefficient (Wildman–Crippen LogP) is 0.630. The number of thioether (sulfide) groups is 1. The lowest BCUT2D eigenvalue weighted by atomic mass is 9.77. The zero-order chi connectivity index (χ0) is 16.7. The fourth-order valence-corrected chi connectivity index (χ4v) is 7.21. The number of thiazole rings is 1. The van der Waals surface area contributed by atoms with Crippen molar-refractivity contribution in [2.75, 3.05) is 6.54 Å². The molecule has 4 aliphatic rings. The maximum Gasteiger partial charge on any atom is 0.323 e. The van der Waals surface area contributed by atoms with E-state index in [0.717, 1.165) is 38.1 Å². The predicted molar refractivity (Wildman–Crippen MR) is 85.5 cm³/mol. The summed E-state index contributed by atoms with van der Waals surface area (Å²) >= 11 is 2.72. The number of amides is 2. The number of hydrogen-bond acceptors (Lipinski definition) is 6. The largest absolute Gasteiger partial charge is 0.480 e. The van der Waals surface area contributed by atoms with Crippen LogP contribution in [0.4, 0.5) is 0 Å². The number of aromatic nitrogens is 1. The van der Waals surface area contributed by atoms with Crippen molar-refractivity contribution in [2.24, 2.45) is 23.7 Å². The van der Waals surface area contributed by atoms with Crippen LogP contribution in [-0.2, 0) is 14.4 Å². The Kier molecular flexibility index (Phi) is 2.78. The first-order valence-electron chi connectivity index (χ1n) is 7.64. The van der Waals surface area contributed by atoms with E-state index in [4.69, 9.17) is 5.11 Å². The number of fused-ring (bicyclic) bond motifs is 9. The number of carbonyl (C=O) groups excluding carboxylic acids is 2. The van der Waals surface area contributed by atoms with E-state index in [-0.39, 0.29) is 33.8 Å².